The quantitative estimate of drug-likeness (QED) is 0.390. The van der Waals surface area contributed by atoms with Crippen molar-refractivity contribution in [3.63, 3.8) is 0 Å². The Morgan fingerprint density at radius 2 is 1.43 bits per heavy atom. The maximum Gasteiger partial charge on any atom is 0.135 e. The van der Waals surface area contributed by atoms with E-state index >= 15 is 0 Å². The van der Waals surface area contributed by atoms with Gasteiger partial charge in [0.15, 0.2) is 0 Å². The number of rotatable bonds is 0. The van der Waals surface area contributed by atoms with E-state index in [1.54, 1.807) is 0 Å². The third kappa shape index (κ3) is 3.35. The Labute approximate surface area is 170 Å². The van der Waals surface area contributed by atoms with Crippen LogP contribution in [-0.2, 0) is 12.8 Å². The van der Waals surface area contributed by atoms with Crippen LogP contribution in [0.25, 0.3) is 28.0 Å². The van der Waals surface area contributed by atoms with Crippen molar-refractivity contribution >= 4 is 16.8 Å². The topological polar surface area (TPSA) is 9.23 Å². The Bertz CT molecular complexity index is 1010. The molecule has 0 unspecified atom stereocenters. The van der Waals surface area contributed by atoms with E-state index in [2.05, 4.69) is 74.5 Å². The maximum atomic E-state index is 6.40. The molecule has 1 aliphatic carbocycles. The van der Waals surface area contributed by atoms with Crippen LogP contribution in [0.5, 0.6) is 5.75 Å². The highest BCUT2D eigenvalue weighted by Crippen LogP contribution is 2.48. The SMILES string of the molecule is CC.CC.CC1(C)C=Cc2c3c(c4ccccc4c2O1)-c1ccccc1CC3. The molecule has 0 saturated carbocycles. The first-order valence-corrected chi connectivity index (χ1v) is 10.7. The van der Waals surface area contributed by atoms with E-state index < -0.39 is 0 Å². The predicted molar refractivity (Wildman–Crippen MR) is 123 cm³/mol. The summed E-state index contributed by atoms with van der Waals surface area (Å²) >= 11 is 0. The van der Waals surface area contributed by atoms with Crippen LogP contribution in [0, 0.1) is 0 Å². The second-order valence-electron chi connectivity index (χ2n) is 7.34. The number of fused-ring (bicyclic) bond motifs is 8. The van der Waals surface area contributed by atoms with Gasteiger partial charge < -0.3 is 4.74 Å². The van der Waals surface area contributed by atoms with Crippen molar-refractivity contribution < 1.29 is 4.74 Å². The first kappa shape index (κ1) is 20.2. The van der Waals surface area contributed by atoms with Crippen molar-refractivity contribution in [3.05, 3.63) is 71.3 Å². The van der Waals surface area contributed by atoms with Crippen molar-refractivity contribution in [1.82, 2.24) is 0 Å². The minimum atomic E-state index is -0.253. The lowest BCUT2D eigenvalue weighted by molar-refractivity contribution is 0.161. The summed E-state index contributed by atoms with van der Waals surface area (Å²) in [6.07, 6.45) is 6.64. The van der Waals surface area contributed by atoms with Gasteiger partial charge in [-0.05, 0) is 60.4 Å². The smallest absolute Gasteiger partial charge is 0.135 e. The third-order valence-corrected chi connectivity index (χ3v) is 5.26. The maximum absolute atomic E-state index is 6.40. The second-order valence-corrected chi connectivity index (χ2v) is 7.34. The number of hydrogen-bond donors (Lipinski definition) is 0. The highest BCUT2D eigenvalue weighted by molar-refractivity contribution is 6.06. The van der Waals surface area contributed by atoms with Gasteiger partial charge in [-0.1, -0.05) is 82.3 Å². The summed E-state index contributed by atoms with van der Waals surface area (Å²) < 4.78 is 6.40. The number of aryl methyl sites for hydroxylation is 1. The van der Waals surface area contributed by atoms with Gasteiger partial charge in [0.25, 0.3) is 0 Å². The van der Waals surface area contributed by atoms with Crippen LogP contribution in [0.4, 0.5) is 0 Å². The predicted octanol–water partition coefficient (Wildman–Crippen LogP) is 7.84. The third-order valence-electron chi connectivity index (χ3n) is 5.26. The fraction of sp³-hybridized carbons (Fsp3) is 0.333. The molecule has 0 atom stereocenters. The van der Waals surface area contributed by atoms with Gasteiger partial charge in [-0.25, -0.2) is 0 Å². The average Bonchev–Trinajstić information content (AvgIpc) is 2.75. The first-order chi connectivity index (χ1) is 13.6. The summed E-state index contributed by atoms with van der Waals surface area (Å²) in [5.41, 5.74) is 6.70. The molecule has 2 aliphatic rings. The lowest BCUT2D eigenvalue weighted by Crippen LogP contribution is -2.28. The number of benzene rings is 3. The van der Waals surface area contributed by atoms with Gasteiger partial charge in [-0.2, -0.15) is 0 Å². The molecule has 0 amide bonds. The zero-order chi connectivity index (χ0) is 20.3. The second kappa shape index (κ2) is 8.22. The first-order valence-electron chi connectivity index (χ1n) is 10.7. The summed E-state index contributed by atoms with van der Waals surface area (Å²) in [5, 5.41) is 2.53. The summed E-state index contributed by atoms with van der Waals surface area (Å²) in [6.45, 7) is 12.2. The molecule has 0 aromatic heterocycles. The van der Waals surface area contributed by atoms with E-state index in [0.717, 1.165) is 18.6 Å². The van der Waals surface area contributed by atoms with Crippen molar-refractivity contribution in [3.8, 4) is 16.9 Å². The number of ether oxygens (including phenoxy) is 1. The van der Waals surface area contributed by atoms with Crippen LogP contribution >= 0.6 is 0 Å². The molecule has 1 heterocycles. The molecule has 5 rings (SSSR count). The van der Waals surface area contributed by atoms with Crippen LogP contribution in [0.1, 0.15) is 58.2 Å². The van der Waals surface area contributed by atoms with Gasteiger partial charge in [0.1, 0.15) is 11.4 Å². The average molecular weight is 373 g/mol. The molecule has 1 nitrogen and oxygen atoms in total. The highest BCUT2D eigenvalue weighted by atomic mass is 16.5. The minimum absolute atomic E-state index is 0.253. The van der Waals surface area contributed by atoms with Crippen LogP contribution < -0.4 is 4.74 Å². The molecule has 28 heavy (non-hydrogen) atoms. The van der Waals surface area contributed by atoms with Crippen molar-refractivity contribution in [2.24, 2.45) is 0 Å². The van der Waals surface area contributed by atoms with Gasteiger partial charge in [-0.15, -0.1) is 0 Å². The molecular weight excluding hydrogens is 340 g/mol. The summed E-state index contributed by atoms with van der Waals surface area (Å²) in [5.74, 6) is 1.05. The molecule has 146 valence electrons. The molecule has 3 aromatic carbocycles. The van der Waals surface area contributed by atoms with E-state index in [1.165, 1.54) is 38.6 Å². The molecule has 1 aliphatic heterocycles. The van der Waals surface area contributed by atoms with Gasteiger partial charge in [0, 0.05) is 10.9 Å². The molecule has 0 spiro atoms. The largest absolute Gasteiger partial charge is 0.482 e. The molecule has 0 radical (unpaired) electrons. The zero-order valence-electron chi connectivity index (χ0n) is 18.1. The Kier molecular flexibility index (Phi) is 5.93. The van der Waals surface area contributed by atoms with Crippen LogP contribution in [0.3, 0.4) is 0 Å². The molecule has 0 fully saturated rings. The monoisotopic (exact) mass is 372 g/mol. The van der Waals surface area contributed by atoms with Gasteiger partial charge in [-0.3, -0.25) is 0 Å². The fourth-order valence-corrected chi connectivity index (χ4v) is 4.15. The molecule has 3 aromatic rings. The molecule has 0 N–H and O–H groups in total. The fourth-order valence-electron chi connectivity index (χ4n) is 4.15. The van der Waals surface area contributed by atoms with Gasteiger partial charge in [0.2, 0.25) is 0 Å². The van der Waals surface area contributed by atoms with E-state index in [-0.39, 0.29) is 5.60 Å². The van der Waals surface area contributed by atoms with Crippen LogP contribution in [0.2, 0.25) is 0 Å². The molecule has 0 bridgehead atoms. The van der Waals surface area contributed by atoms with E-state index in [0.29, 0.717) is 0 Å². The van der Waals surface area contributed by atoms with E-state index in [1.807, 2.05) is 27.7 Å². The Morgan fingerprint density at radius 1 is 0.786 bits per heavy atom. The Morgan fingerprint density at radius 3 is 2.18 bits per heavy atom. The van der Waals surface area contributed by atoms with Gasteiger partial charge >= 0.3 is 0 Å². The van der Waals surface area contributed by atoms with Crippen molar-refractivity contribution in [2.45, 2.75) is 60.0 Å². The summed E-state index contributed by atoms with van der Waals surface area (Å²) in [4.78, 5) is 0. The van der Waals surface area contributed by atoms with E-state index in [4.69, 9.17) is 4.74 Å². The molecule has 0 saturated heterocycles. The van der Waals surface area contributed by atoms with E-state index in [9.17, 15) is 0 Å². The summed E-state index contributed by atoms with van der Waals surface area (Å²) in [6, 6.07) is 17.5. The lowest BCUT2D eigenvalue weighted by atomic mass is 9.79. The normalized spacial score (nSPS) is 14.9. The van der Waals surface area contributed by atoms with Gasteiger partial charge in [0.05, 0.1) is 0 Å². The van der Waals surface area contributed by atoms with Crippen LogP contribution in [0.15, 0.2) is 54.6 Å². The Balaban J connectivity index is 0.000000531. The summed E-state index contributed by atoms with van der Waals surface area (Å²) in [7, 11) is 0. The highest BCUT2D eigenvalue weighted by Gasteiger charge is 2.29. The number of hydrogen-bond acceptors (Lipinski definition) is 1. The van der Waals surface area contributed by atoms with Crippen molar-refractivity contribution in [1.29, 1.82) is 0 Å². The lowest BCUT2D eigenvalue weighted by Gasteiger charge is -2.33. The van der Waals surface area contributed by atoms with Crippen molar-refractivity contribution in [2.75, 3.05) is 0 Å². The molecular formula is C27H32O. The standard InChI is InChI=1S/C23H20O.2C2H6/c1-23(2)14-13-20-18-12-11-15-7-3-4-8-16(15)21(18)17-9-5-6-10-19(17)22(20)24-23;2*1-2/h3-10,13-14H,11-12H2,1-2H3;2*1-2H3. The Hall–Kier alpha value is -2.54. The zero-order valence-corrected chi connectivity index (χ0v) is 18.1. The van der Waals surface area contributed by atoms with Crippen LogP contribution in [-0.4, -0.2) is 5.60 Å². The minimum Gasteiger partial charge on any atom is -0.482 e. The molecule has 1 heteroatoms.